The second kappa shape index (κ2) is 8.15. The van der Waals surface area contributed by atoms with Crippen molar-refractivity contribution in [1.82, 2.24) is 20.2 Å². The number of rotatable bonds is 5. The number of aromatic amines is 2. The summed E-state index contributed by atoms with van der Waals surface area (Å²) in [5.41, 5.74) is 8.51. The Morgan fingerprint density at radius 3 is 2.62 bits per heavy atom. The fourth-order valence-corrected chi connectivity index (χ4v) is 5.39. The van der Waals surface area contributed by atoms with E-state index in [-0.39, 0.29) is 0 Å². The van der Waals surface area contributed by atoms with Crippen LogP contribution in [0.5, 0.6) is 0 Å². The SMILES string of the molecule is Cc1ccc(-c2cccc3[nH]c(-c4n[nH]c5ccc(-c6cncc(NC(C)C)c6)cc45)cc23)s1. The van der Waals surface area contributed by atoms with Gasteiger partial charge in [-0.1, -0.05) is 18.2 Å². The highest BCUT2D eigenvalue weighted by molar-refractivity contribution is 7.15. The van der Waals surface area contributed by atoms with Gasteiger partial charge in [0.2, 0.25) is 0 Å². The van der Waals surface area contributed by atoms with Crippen molar-refractivity contribution in [1.29, 1.82) is 0 Å². The van der Waals surface area contributed by atoms with Crippen molar-refractivity contribution in [2.75, 3.05) is 5.32 Å². The summed E-state index contributed by atoms with van der Waals surface area (Å²) in [6.45, 7) is 6.40. The monoisotopic (exact) mass is 463 g/mol. The molecule has 168 valence electrons. The molecule has 0 spiro atoms. The summed E-state index contributed by atoms with van der Waals surface area (Å²) >= 11 is 1.82. The summed E-state index contributed by atoms with van der Waals surface area (Å²) in [6.07, 6.45) is 3.77. The van der Waals surface area contributed by atoms with Crippen LogP contribution in [0.15, 0.2) is 73.1 Å². The van der Waals surface area contributed by atoms with Gasteiger partial charge in [-0.3, -0.25) is 10.1 Å². The number of aromatic nitrogens is 4. The number of benzene rings is 2. The van der Waals surface area contributed by atoms with Gasteiger partial charge in [0.05, 0.1) is 16.9 Å². The van der Waals surface area contributed by atoms with Crippen molar-refractivity contribution >= 4 is 38.8 Å². The van der Waals surface area contributed by atoms with E-state index < -0.39 is 0 Å². The van der Waals surface area contributed by atoms with Crippen LogP contribution >= 0.6 is 11.3 Å². The van der Waals surface area contributed by atoms with E-state index in [1.54, 1.807) is 0 Å². The molecular formula is C28H25N5S. The largest absolute Gasteiger partial charge is 0.382 e. The first kappa shape index (κ1) is 20.7. The molecule has 6 rings (SSSR count). The standard InChI is InChI=1S/C28H25N5S/c1-16(2)30-20-11-19(14-29-15-20)18-8-9-25-23(12-18)28(33-32-25)26-13-22-21(5-4-6-24(22)31-26)27-10-7-17(3)34-27/h4-16,30-31H,1-3H3,(H,32,33). The third-order valence-corrected chi connectivity index (χ3v) is 7.05. The van der Waals surface area contributed by atoms with Gasteiger partial charge in [0.1, 0.15) is 5.69 Å². The topological polar surface area (TPSA) is 69.4 Å². The lowest BCUT2D eigenvalue weighted by atomic mass is 10.0. The molecule has 6 heteroatoms. The van der Waals surface area contributed by atoms with Crippen molar-refractivity contribution in [3.8, 4) is 33.0 Å². The molecule has 0 aliphatic rings. The average molecular weight is 464 g/mol. The highest BCUT2D eigenvalue weighted by atomic mass is 32.1. The molecule has 0 saturated heterocycles. The maximum Gasteiger partial charge on any atom is 0.116 e. The number of anilines is 1. The Labute approximate surface area is 201 Å². The van der Waals surface area contributed by atoms with Gasteiger partial charge in [-0.2, -0.15) is 5.10 Å². The molecule has 0 unspecified atom stereocenters. The maximum absolute atomic E-state index is 4.68. The quantitative estimate of drug-likeness (QED) is 0.246. The smallest absolute Gasteiger partial charge is 0.116 e. The number of H-pyrrole nitrogens is 2. The minimum Gasteiger partial charge on any atom is -0.382 e. The van der Waals surface area contributed by atoms with Gasteiger partial charge in [-0.15, -0.1) is 11.3 Å². The Morgan fingerprint density at radius 2 is 1.79 bits per heavy atom. The Morgan fingerprint density at radius 1 is 0.882 bits per heavy atom. The van der Waals surface area contributed by atoms with Crippen LogP contribution in [-0.2, 0) is 0 Å². The molecule has 3 N–H and O–H groups in total. The molecule has 4 heterocycles. The molecule has 34 heavy (non-hydrogen) atoms. The van der Waals surface area contributed by atoms with E-state index in [9.17, 15) is 0 Å². The van der Waals surface area contributed by atoms with E-state index in [2.05, 4.69) is 107 Å². The lowest BCUT2D eigenvalue weighted by Gasteiger charge is -2.11. The number of aryl methyl sites for hydroxylation is 1. The Bertz CT molecular complexity index is 1640. The first-order valence-corrected chi connectivity index (χ1v) is 12.3. The molecule has 0 atom stereocenters. The summed E-state index contributed by atoms with van der Waals surface area (Å²) in [5, 5.41) is 13.6. The molecule has 0 aliphatic carbocycles. The molecule has 6 aromatic rings. The van der Waals surface area contributed by atoms with E-state index >= 15 is 0 Å². The van der Waals surface area contributed by atoms with Gasteiger partial charge < -0.3 is 10.3 Å². The van der Waals surface area contributed by atoms with Gasteiger partial charge in [0.25, 0.3) is 0 Å². The number of thiophene rings is 1. The average Bonchev–Trinajstić information content (AvgIpc) is 3.55. The van der Waals surface area contributed by atoms with E-state index in [0.29, 0.717) is 6.04 Å². The number of hydrogen-bond acceptors (Lipinski definition) is 4. The van der Waals surface area contributed by atoms with Crippen molar-refractivity contribution in [3.63, 3.8) is 0 Å². The summed E-state index contributed by atoms with van der Waals surface area (Å²) in [6, 6.07) is 21.9. The van der Waals surface area contributed by atoms with Crippen molar-refractivity contribution in [3.05, 3.63) is 77.9 Å². The van der Waals surface area contributed by atoms with Gasteiger partial charge in [0.15, 0.2) is 0 Å². The number of pyridine rings is 1. The highest BCUT2D eigenvalue weighted by Crippen LogP contribution is 2.37. The van der Waals surface area contributed by atoms with E-state index in [4.69, 9.17) is 0 Å². The zero-order chi connectivity index (χ0) is 23.2. The molecule has 0 bridgehead atoms. The van der Waals surface area contributed by atoms with Crippen LogP contribution in [0.1, 0.15) is 18.7 Å². The fraction of sp³-hybridized carbons (Fsp3) is 0.143. The van der Waals surface area contributed by atoms with Gasteiger partial charge in [0, 0.05) is 55.6 Å². The summed E-state index contributed by atoms with van der Waals surface area (Å²) in [7, 11) is 0. The normalized spacial score (nSPS) is 11.6. The zero-order valence-corrected chi connectivity index (χ0v) is 20.1. The first-order chi connectivity index (χ1) is 16.5. The van der Waals surface area contributed by atoms with Crippen molar-refractivity contribution in [2.24, 2.45) is 0 Å². The molecule has 2 aromatic carbocycles. The molecule has 5 nitrogen and oxygen atoms in total. The molecule has 0 saturated carbocycles. The molecule has 0 fully saturated rings. The lowest BCUT2D eigenvalue weighted by molar-refractivity contribution is 0.898. The molecule has 0 radical (unpaired) electrons. The Kier molecular flexibility index (Phi) is 4.96. The zero-order valence-electron chi connectivity index (χ0n) is 19.3. The number of nitrogens with zero attached hydrogens (tertiary/aromatic N) is 2. The highest BCUT2D eigenvalue weighted by Gasteiger charge is 2.15. The van der Waals surface area contributed by atoms with Crippen LogP contribution in [0, 0.1) is 6.92 Å². The van der Waals surface area contributed by atoms with Gasteiger partial charge in [-0.05, 0) is 68.8 Å². The first-order valence-electron chi connectivity index (χ1n) is 11.4. The minimum absolute atomic E-state index is 0.352. The second-order valence-corrected chi connectivity index (χ2v) is 10.2. The summed E-state index contributed by atoms with van der Waals surface area (Å²) < 4.78 is 0. The number of nitrogens with one attached hydrogen (secondary N) is 3. The van der Waals surface area contributed by atoms with Crippen LogP contribution in [-0.4, -0.2) is 26.2 Å². The molecule has 0 aliphatic heterocycles. The van der Waals surface area contributed by atoms with Crippen LogP contribution in [0.3, 0.4) is 0 Å². The predicted molar refractivity (Wildman–Crippen MR) is 143 cm³/mol. The lowest BCUT2D eigenvalue weighted by Crippen LogP contribution is -2.09. The van der Waals surface area contributed by atoms with Gasteiger partial charge in [-0.25, -0.2) is 0 Å². The molecule has 0 amide bonds. The van der Waals surface area contributed by atoms with Crippen LogP contribution in [0.25, 0.3) is 54.8 Å². The number of fused-ring (bicyclic) bond motifs is 2. The summed E-state index contributed by atoms with van der Waals surface area (Å²) in [5.74, 6) is 0. The third kappa shape index (κ3) is 3.66. The Balaban J connectivity index is 1.45. The fourth-order valence-electron chi connectivity index (χ4n) is 4.49. The van der Waals surface area contributed by atoms with Crippen LogP contribution in [0.4, 0.5) is 5.69 Å². The Hall–Kier alpha value is -3.90. The van der Waals surface area contributed by atoms with E-state index in [1.165, 1.54) is 20.7 Å². The van der Waals surface area contributed by atoms with Crippen LogP contribution < -0.4 is 5.32 Å². The molecular weight excluding hydrogens is 438 g/mol. The van der Waals surface area contributed by atoms with E-state index in [0.717, 1.165) is 44.6 Å². The third-order valence-electron chi connectivity index (χ3n) is 6.01. The summed E-state index contributed by atoms with van der Waals surface area (Å²) in [4.78, 5) is 10.6. The van der Waals surface area contributed by atoms with Crippen molar-refractivity contribution < 1.29 is 0 Å². The van der Waals surface area contributed by atoms with Gasteiger partial charge >= 0.3 is 0 Å². The predicted octanol–water partition coefficient (Wildman–Crippen LogP) is 7.63. The van der Waals surface area contributed by atoms with Crippen LogP contribution in [0.2, 0.25) is 0 Å². The minimum atomic E-state index is 0.352. The maximum atomic E-state index is 4.68. The molecule has 4 aromatic heterocycles. The second-order valence-electron chi connectivity index (χ2n) is 8.95. The van der Waals surface area contributed by atoms with E-state index in [1.807, 2.05) is 23.7 Å². The number of hydrogen-bond donors (Lipinski definition) is 3. The van der Waals surface area contributed by atoms with Crippen molar-refractivity contribution in [2.45, 2.75) is 26.8 Å².